The van der Waals surface area contributed by atoms with E-state index >= 15 is 0 Å². The van der Waals surface area contributed by atoms with Gasteiger partial charge in [0.15, 0.2) is 0 Å². The average molecular weight is 232 g/mol. The molecule has 1 aliphatic heterocycles. The summed E-state index contributed by atoms with van der Waals surface area (Å²) in [5.74, 6) is 0.482. The third-order valence-corrected chi connectivity index (χ3v) is 3.15. The summed E-state index contributed by atoms with van der Waals surface area (Å²) in [6.45, 7) is 5.71. The molecule has 1 heterocycles. The number of urea groups is 1. The summed E-state index contributed by atoms with van der Waals surface area (Å²) < 4.78 is 0. The molecule has 0 saturated carbocycles. The summed E-state index contributed by atoms with van der Waals surface area (Å²) in [7, 11) is 0. The Hall–Kier alpha value is -1.51. The predicted octanol–water partition coefficient (Wildman–Crippen LogP) is 2.83. The van der Waals surface area contributed by atoms with Gasteiger partial charge in [0.2, 0.25) is 0 Å². The van der Waals surface area contributed by atoms with Crippen LogP contribution in [0, 0.1) is 5.92 Å². The Balaban J connectivity index is 2.10. The van der Waals surface area contributed by atoms with E-state index in [1.54, 1.807) is 0 Å². The van der Waals surface area contributed by atoms with Crippen molar-refractivity contribution in [1.82, 2.24) is 10.2 Å². The van der Waals surface area contributed by atoms with Crippen molar-refractivity contribution in [1.29, 1.82) is 0 Å². The normalized spacial score (nSPS) is 22.7. The highest BCUT2D eigenvalue weighted by atomic mass is 16.2. The molecular formula is C14H20N2O. The third kappa shape index (κ3) is 2.78. The number of carbonyl (C=O) groups excluding carboxylic acids is 1. The minimum atomic E-state index is 0.0285. The van der Waals surface area contributed by atoms with Crippen LogP contribution in [-0.4, -0.2) is 24.0 Å². The number of amides is 2. The van der Waals surface area contributed by atoms with Gasteiger partial charge in [-0.25, -0.2) is 4.79 Å². The zero-order valence-corrected chi connectivity index (χ0v) is 10.6. The van der Waals surface area contributed by atoms with Crippen LogP contribution in [0.3, 0.4) is 0 Å². The van der Waals surface area contributed by atoms with Crippen LogP contribution < -0.4 is 5.32 Å². The maximum absolute atomic E-state index is 12.0. The number of nitrogens with one attached hydrogen (secondary N) is 1. The topological polar surface area (TPSA) is 32.3 Å². The van der Waals surface area contributed by atoms with Crippen molar-refractivity contribution >= 4 is 6.03 Å². The highest BCUT2D eigenvalue weighted by Crippen LogP contribution is 2.26. The Labute approximate surface area is 103 Å². The molecule has 0 aromatic carbocycles. The van der Waals surface area contributed by atoms with Gasteiger partial charge >= 0.3 is 6.03 Å². The van der Waals surface area contributed by atoms with Crippen molar-refractivity contribution in [3.63, 3.8) is 0 Å². The van der Waals surface area contributed by atoms with Crippen molar-refractivity contribution in [2.24, 2.45) is 5.92 Å². The molecule has 2 rings (SSSR count). The maximum Gasteiger partial charge on any atom is 0.321 e. The fraction of sp³-hybridized carbons (Fsp3) is 0.500. The van der Waals surface area contributed by atoms with Crippen LogP contribution in [0.15, 0.2) is 35.6 Å². The first-order chi connectivity index (χ1) is 8.20. The molecule has 0 radical (unpaired) electrons. The molecule has 0 spiro atoms. The fourth-order valence-corrected chi connectivity index (χ4v) is 2.23. The van der Waals surface area contributed by atoms with E-state index < -0.39 is 0 Å². The smallest absolute Gasteiger partial charge is 0.321 e. The second kappa shape index (κ2) is 5.21. The lowest BCUT2D eigenvalue weighted by molar-refractivity contribution is 0.208. The van der Waals surface area contributed by atoms with Crippen LogP contribution in [0.2, 0.25) is 0 Å². The molecule has 1 atom stereocenters. The molecule has 1 N–H and O–H groups in total. The third-order valence-electron chi connectivity index (χ3n) is 3.15. The van der Waals surface area contributed by atoms with Crippen LogP contribution >= 0.6 is 0 Å². The molecule has 2 amide bonds. The number of fused-ring (bicyclic) bond motifs is 1. The largest absolute Gasteiger partial charge is 0.338 e. The second-order valence-electron chi connectivity index (χ2n) is 4.67. The molecule has 0 saturated heterocycles. The van der Waals surface area contributed by atoms with Gasteiger partial charge in [0.05, 0.1) is 0 Å². The first kappa shape index (κ1) is 12.0. The van der Waals surface area contributed by atoms with Crippen LogP contribution in [-0.2, 0) is 0 Å². The molecule has 1 aliphatic carbocycles. The Bertz CT molecular complexity index is 393. The van der Waals surface area contributed by atoms with Gasteiger partial charge in [0.25, 0.3) is 0 Å². The van der Waals surface area contributed by atoms with Gasteiger partial charge in [0, 0.05) is 18.8 Å². The summed E-state index contributed by atoms with van der Waals surface area (Å²) in [6.07, 6.45) is 10.6. The van der Waals surface area contributed by atoms with Crippen molar-refractivity contribution in [3.05, 3.63) is 35.6 Å². The van der Waals surface area contributed by atoms with E-state index in [9.17, 15) is 4.79 Å². The zero-order chi connectivity index (χ0) is 12.3. The molecular weight excluding hydrogens is 212 g/mol. The highest BCUT2D eigenvalue weighted by molar-refractivity contribution is 5.77. The first-order valence-electron chi connectivity index (χ1n) is 6.34. The number of nitrogens with zero attached hydrogens (tertiary/aromatic N) is 1. The molecule has 0 fully saturated rings. The van der Waals surface area contributed by atoms with E-state index in [-0.39, 0.29) is 6.03 Å². The van der Waals surface area contributed by atoms with Gasteiger partial charge in [-0.05, 0) is 31.8 Å². The predicted molar refractivity (Wildman–Crippen MR) is 69.5 cm³/mol. The Kier molecular flexibility index (Phi) is 3.67. The van der Waals surface area contributed by atoms with Crippen LogP contribution in [0.5, 0.6) is 0 Å². The monoisotopic (exact) mass is 232 g/mol. The van der Waals surface area contributed by atoms with Crippen LogP contribution in [0.1, 0.15) is 26.7 Å². The van der Waals surface area contributed by atoms with Crippen molar-refractivity contribution < 1.29 is 4.79 Å². The number of hydrogen-bond acceptors (Lipinski definition) is 1. The fourth-order valence-electron chi connectivity index (χ4n) is 2.23. The molecule has 2 bridgehead atoms. The molecule has 17 heavy (non-hydrogen) atoms. The minimum absolute atomic E-state index is 0.0285. The molecule has 0 aromatic heterocycles. The zero-order valence-electron chi connectivity index (χ0n) is 10.6. The van der Waals surface area contributed by atoms with E-state index in [0.29, 0.717) is 5.92 Å². The molecule has 3 heteroatoms. The van der Waals surface area contributed by atoms with Gasteiger partial charge in [-0.15, -0.1) is 0 Å². The Morgan fingerprint density at radius 1 is 1.47 bits per heavy atom. The second-order valence-corrected chi connectivity index (χ2v) is 4.67. The standard InChI is InChI=1S/C14H20N2O/c1-3-7-15-14(17)16-8-6-12-9-11(2)4-5-13(16)10-12/h4-5,9-10,12H,3,6-8H2,1-2H3,(H,15,17). The van der Waals surface area contributed by atoms with E-state index in [2.05, 4.69) is 37.4 Å². The summed E-state index contributed by atoms with van der Waals surface area (Å²) >= 11 is 0. The van der Waals surface area contributed by atoms with Crippen molar-refractivity contribution in [2.75, 3.05) is 13.1 Å². The van der Waals surface area contributed by atoms with E-state index in [4.69, 9.17) is 0 Å². The lowest BCUT2D eigenvalue weighted by Crippen LogP contribution is -2.41. The van der Waals surface area contributed by atoms with Gasteiger partial charge in [-0.2, -0.15) is 0 Å². The maximum atomic E-state index is 12.0. The molecule has 2 aliphatic rings. The number of hydrogen-bond donors (Lipinski definition) is 1. The number of allylic oxidation sites excluding steroid dienone is 5. The van der Waals surface area contributed by atoms with Gasteiger partial charge in [-0.1, -0.05) is 30.7 Å². The molecule has 1 unspecified atom stereocenters. The number of rotatable bonds is 2. The summed E-state index contributed by atoms with van der Waals surface area (Å²) in [4.78, 5) is 13.8. The van der Waals surface area contributed by atoms with Crippen molar-refractivity contribution in [3.8, 4) is 0 Å². The van der Waals surface area contributed by atoms with Gasteiger partial charge in [-0.3, -0.25) is 4.90 Å². The molecule has 92 valence electrons. The lowest BCUT2D eigenvalue weighted by atomic mass is 9.99. The molecule has 0 aromatic rings. The highest BCUT2D eigenvalue weighted by Gasteiger charge is 2.23. The minimum Gasteiger partial charge on any atom is -0.338 e. The SMILES string of the molecule is CCCNC(=O)N1CCC2C=C(C)C=CC1=C2. The van der Waals surface area contributed by atoms with E-state index in [0.717, 1.165) is 31.6 Å². The lowest BCUT2D eigenvalue weighted by Gasteiger charge is -2.29. The van der Waals surface area contributed by atoms with E-state index in [1.807, 2.05) is 11.0 Å². The van der Waals surface area contributed by atoms with Gasteiger partial charge < -0.3 is 5.32 Å². The number of carbonyl (C=O) groups is 1. The first-order valence-corrected chi connectivity index (χ1v) is 6.34. The van der Waals surface area contributed by atoms with Gasteiger partial charge in [0.1, 0.15) is 0 Å². The summed E-state index contributed by atoms with van der Waals surface area (Å²) in [6, 6.07) is 0.0285. The summed E-state index contributed by atoms with van der Waals surface area (Å²) in [5.41, 5.74) is 2.31. The van der Waals surface area contributed by atoms with E-state index in [1.165, 1.54) is 5.57 Å². The Morgan fingerprint density at radius 2 is 2.29 bits per heavy atom. The summed E-state index contributed by atoms with van der Waals surface area (Å²) in [5, 5.41) is 2.93. The quantitative estimate of drug-likeness (QED) is 0.780. The van der Waals surface area contributed by atoms with Crippen LogP contribution in [0.4, 0.5) is 4.79 Å². The average Bonchev–Trinajstić information content (AvgIpc) is 2.46. The van der Waals surface area contributed by atoms with Crippen LogP contribution in [0.25, 0.3) is 0 Å². The Morgan fingerprint density at radius 3 is 3.06 bits per heavy atom. The van der Waals surface area contributed by atoms with Crippen molar-refractivity contribution in [2.45, 2.75) is 26.7 Å². The molecule has 3 nitrogen and oxygen atoms in total.